The Hall–Kier alpha value is -1.39. The second-order valence-electron chi connectivity index (χ2n) is 4.30. The van der Waals surface area contributed by atoms with E-state index in [-0.39, 0.29) is 0 Å². The molecule has 0 saturated heterocycles. The fourth-order valence-electron chi connectivity index (χ4n) is 1.60. The Kier molecular flexibility index (Phi) is 4.72. The molecule has 2 rings (SSSR count). The van der Waals surface area contributed by atoms with Gasteiger partial charge in [-0.15, -0.1) is 0 Å². The third-order valence-electron chi connectivity index (χ3n) is 2.38. The van der Waals surface area contributed by atoms with Gasteiger partial charge in [0, 0.05) is 17.3 Å². The lowest BCUT2D eigenvalue weighted by Crippen LogP contribution is -2.12. The average Bonchev–Trinajstić information content (AvgIpc) is 2.84. The highest BCUT2D eigenvalue weighted by Gasteiger charge is 2.04. The number of aliphatic imine (C=N–C) groups is 1. The topological polar surface area (TPSA) is 21.6 Å². The highest BCUT2D eigenvalue weighted by Crippen LogP contribution is 2.19. The van der Waals surface area contributed by atoms with Crippen molar-refractivity contribution in [3.63, 3.8) is 0 Å². The fraction of sp³-hybridized carbons (Fsp3) is 0.214. The van der Waals surface area contributed by atoms with Crippen LogP contribution >= 0.6 is 11.3 Å². The number of rotatable bonds is 5. The number of thiophene rings is 1. The predicted molar refractivity (Wildman–Crippen MR) is 81.6 cm³/mol. The molecule has 1 heterocycles. The lowest BCUT2D eigenvalue weighted by atomic mass is 10.2. The lowest BCUT2D eigenvalue weighted by Gasteiger charge is -2.12. The molecule has 0 aliphatic carbocycles. The maximum absolute atomic E-state index is 5.90. The molecule has 0 aliphatic rings. The molecule has 0 fully saturated rings. The molecule has 0 unspecified atom stereocenters. The van der Waals surface area contributed by atoms with Gasteiger partial charge in [-0.3, -0.25) is 4.99 Å². The summed E-state index contributed by atoms with van der Waals surface area (Å²) in [5.41, 5.74) is 2.32. The molecule has 0 atom stereocenters. The summed E-state index contributed by atoms with van der Waals surface area (Å²) in [6.45, 7) is 5.02. The Morgan fingerprint density at radius 3 is 2.83 bits per heavy atom. The van der Waals surface area contributed by atoms with Crippen LogP contribution in [0.4, 0.5) is 0 Å². The first-order chi connectivity index (χ1) is 8.75. The molecule has 0 amide bonds. The monoisotopic (exact) mass is 275 g/mol. The minimum absolute atomic E-state index is 0.674. The van der Waals surface area contributed by atoms with E-state index in [0.29, 0.717) is 6.54 Å². The van der Waals surface area contributed by atoms with Crippen molar-refractivity contribution >= 4 is 26.6 Å². The fourth-order valence-corrected chi connectivity index (χ4v) is 2.95. The zero-order valence-electron chi connectivity index (χ0n) is 10.7. The van der Waals surface area contributed by atoms with Gasteiger partial charge in [0.15, 0.2) is 0 Å². The van der Waals surface area contributed by atoms with Crippen molar-refractivity contribution < 1.29 is 4.43 Å². The average molecular weight is 275 g/mol. The molecule has 18 heavy (non-hydrogen) atoms. The van der Waals surface area contributed by atoms with E-state index in [9.17, 15) is 0 Å². The lowest BCUT2D eigenvalue weighted by molar-refractivity contribution is 0.572. The molecule has 0 aliphatic heterocycles. The van der Waals surface area contributed by atoms with Crippen LogP contribution < -0.4 is 4.43 Å². The Labute approximate surface area is 114 Å². The van der Waals surface area contributed by atoms with E-state index in [1.54, 1.807) is 11.3 Å². The normalized spacial score (nSPS) is 11.3. The van der Waals surface area contributed by atoms with Crippen LogP contribution in [0.5, 0.6) is 5.75 Å². The molecule has 2 aromatic rings. The quantitative estimate of drug-likeness (QED) is 0.602. The molecule has 2 nitrogen and oxygen atoms in total. The Bertz CT molecular complexity index is 508. The van der Waals surface area contributed by atoms with E-state index < -0.39 is 9.04 Å². The van der Waals surface area contributed by atoms with Gasteiger partial charge in [0.05, 0.1) is 6.54 Å². The summed E-state index contributed by atoms with van der Waals surface area (Å²) in [4.78, 5) is 4.47. The summed E-state index contributed by atoms with van der Waals surface area (Å²) >= 11 is 1.69. The van der Waals surface area contributed by atoms with Gasteiger partial charge in [0.25, 0.3) is 0 Å². The van der Waals surface area contributed by atoms with E-state index in [0.717, 1.165) is 16.9 Å². The summed E-state index contributed by atoms with van der Waals surface area (Å²) in [6, 6.07) is 10.2. The third-order valence-corrected chi connectivity index (χ3v) is 3.81. The van der Waals surface area contributed by atoms with Crippen LogP contribution in [-0.4, -0.2) is 15.3 Å². The van der Waals surface area contributed by atoms with E-state index in [2.05, 4.69) is 41.0 Å². The van der Waals surface area contributed by atoms with Crippen molar-refractivity contribution in [2.45, 2.75) is 19.6 Å². The van der Waals surface area contributed by atoms with E-state index in [1.165, 1.54) is 0 Å². The van der Waals surface area contributed by atoms with Crippen molar-refractivity contribution in [1.29, 1.82) is 0 Å². The molecule has 1 aromatic carbocycles. The highest BCUT2D eigenvalue weighted by molar-refractivity contribution is 7.08. The summed E-state index contributed by atoms with van der Waals surface area (Å²) in [5.74, 6) is 0.988. The SMILES string of the molecule is C[SiH](C)Oc1ccccc1CN=Cc1ccsc1. The van der Waals surface area contributed by atoms with Gasteiger partial charge >= 0.3 is 0 Å². The molecule has 0 bridgehead atoms. The van der Waals surface area contributed by atoms with Crippen molar-refractivity contribution in [3.8, 4) is 5.75 Å². The van der Waals surface area contributed by atoms with Crippen LogP contribution in [0.15, 0.2) is 46.1 Å². The van der Waals surface area contributed by atoms with Crippen LogP contribution in [-0.2, 0) is 6.54 Å². The number of para-hydroxylation sites is 1. The largest absolute Gasteiger partial charge is 0.547 e. The summed E-state index contributed by atoms with van der Waals surface area (Å²) < 4.78 is 5.90. The Morgan fingerprint density at radius 2 is 2.11 bits per heavy atom. The van der Waals surface area contributed by atoms with Gasteiger partial charge in [-0.2, -0.15) is 11.3 Å². The van der Waals surface area contributed by atoms with Gasteiger partial charge in [0.1, 0.15) is 5.75 Å². The van der Waals surface area contributed by atoms with Crippen LogP contribution in [0.25, 0.3) is 0 Å². The number of hydrogen-bond acceptors (Lipinski definition) is 3. The van der Waals surface area contributed by atoms with Crippen LogP contribution in [0.1, 0.15) is 11.1 Å². The van der Waals surface area contributed by atoms with Gasteiger partial charge in [-0.05, 0) is 36.0 Å². The smallest absolute Gasteiger partial charge is 0.229 e. The standard InChI is InChI=1S/C14H17NOSSi/c1-18(2)16-14-6-4-3-5-13(14)10-15-9-12-7-8-17-11-12/h3-9,11,18H,10H2,1-2H3. The molecule has 1 aromatic heterocycles. The van der Waals surface area contributed by atoms with Crippen LogP contribution in [0.2, 0.25) is 13.1 Å². The summed E-state index contributed by atoms with van der Waals surface area (Å²) in [5, 5.41) is 4.15. The zero-order valence-corrected chi connectivity index (χ0v) is 12.6. The molecule has 0 N–H and O–H groups in total. The second kappa shape index (κ2) is 6.52. The minimum atomic E-state index is -1.06. The van der Waals surface area contributed by atoms with Gasteiger partial charge in [-0.25, -0.2) is 0 Å². The van der Waals surface area contributed by atoms with Crippen molar-refractivity contribution in [2.75, 3.05) is 0 Å². The number of hydrogen-bond donors (Lipinski definition) is 0. The van der Waals surface area contributed by atoms with Crippen LogP contribution in [0.3, 0.4) is 0 Å². The number of benzene rings is 1. The first-order valence-corrected chi connectivity index (χ1v) is 9.74. The van der Waals surface area contributed by atoms with Gasteiger partial charge in [0.2, 0.25) is 9.04 Å². The summed E-state index contributed by atoms with van der Waals surface area (Å²) in [6.07, 6.45) is 1.92. The molecule has 94 valence electrons. The third kappa shape index (κ3) is 3.82. The minimum Gasteiger partial charge on any atom is -0.547 e. The Balaban J connectivity index is 2.04. The van der Waals surface area contributed by atoms with Crippen LogP contribution in [0, 0.1) is 0 Å². The molecular weight excluding hydrogens is 258 g/mol. The summed E-state index contributed by atoms with van der Waals surface area (Å²) in [7, 11) is -1.06. The first kappa shape index (κ1) is 13.0. The number of nitrogens with zero attached hydrogens (tertiary/aromatic N) is 1. The Morgan fingerprint density at radius 1 is 1.28 bits per heavy atom. The van der Waals surface area contributed by atoms with E-state index >= 15 is 0 Å². The van der Waals surface area contributed by atoms with Gasteiger partial charge < -0.3 is 4.43 Å². The van der Waals surface area contributed by atoms with E-state index in [4.69, 9.17) is 4.43 Å². The first-order valence-electron chi connectivity index (χ1n) is 6.02. The molecule has 0 radical (unpaired) electrons. The van der Waals surface area contributed by atoms with Gasteiger partial charge in [-0.1, -0.05) is 18.2 Å². The molecule has 0 spiro atoms. The highest BCUT2D eigenvalue weighted by atomic mass is 32.1. The molecule has 0 saturated carbocycles. The maximum Gasteiger partial charge on any atom is 0.229 e. The zero-order chi connectivity index (χ0) is 12.8. The maximum atomic E-state index is 5.90. The van der Waals surface area contributed by atoms with E-state index in [1.807, 2.05) is 24.4 Å². The predicted octanol–water partition coefficient (Wildman–Crippen LogP) is 3.73. The van der Waals surface area contributed by atoms with Crippen molar-refractivity contribution in [3.05, 3.63) is 52.2 Å². The van der Waals surface area contributed by atoms with Crippen molar-refractivity contribution in [2.24, 2.45) is 4.99 Å². The second-order valence-corrected chi connectivity index (χ2v) is 7.41. The molecular formula is C14H17NOSSi. The molecule has 4 heteroatoms. The van der Waals surface area contributed by atoms with Crippen molar-refractivity contribution in [1.82, 2.24) is 0 Å².